The van der Waals surface area contributed by atoms with E-state index in [-0.39, 0.29) is 12.2 Å². The molecule has 136 valence electrons. The number of carboxylic acid groups (broad SMARTS) is 1. The van der Waals surface area contributed by atoms with E-state index in [1.807, 2.05) is 0 Å². The number of benzene rings is 1. The maximum absolute atomic E-state index is 12.4. The molecule has 25 heavy (non-hydrogen) atoms. The second-order valence-corrected chi connectivity index (χ2v) is 7.98. The largest absolute Gasteiger partial charge is 0.480 e. The first-order chi connectivity index (χ1) is 11.8. The van der Waals surface area contributed by atoms with Crippen molar-refractivity contribution >= 4 is 27.6 Å². The SMILES string of the molecule is C=CCCC(NC(=O)c1ccc(N2CCCS2(=O)=O)cc1C)C(=O)O. The number of rotatable bonds is 7. The molecule has 1 aliphatic heterocycles. The van der Waals surface area contributed by atoms with Crippen molar-refractivity contribution in [1.29, 1.82) is 0 Å². The summed E-state index contributed by atoms with van der Waals surface area (Å²) in [5, 5.41) is 11.7. The van der Waals surface area contributed by atoms with Crippen molar-refractivity contribution in [3.63, 3.8) is 0 Å². The van der Waals surface area contributed by atoms with Crippen molar-refractivity contribution in [1.82, 2.24) is 5.32 Å². The summed E-state index contributed by atoms with van der Waals surface area (Å²) < 4.78 is 25.3. The van der Waals surface area contributed by atoms with E-state index in [2.05, 4.69) is 11.9 Å². The zero-order valence-corrected chi connectivity index (χ0v) is 14.9. The molecule has 1 saturated heterocycles. The fourth-order valence-corrected chi connectivity index (χ4v) is 4.32. The van der Waals surface area contributed by atoms with E-state index >= 15 is 0 Å². The second-order valence-electron chi connectivity index (χ2n) is 5.97. The van der Waals surface area contributed by atoms with E-state index in [4.69, 9.17) is 0 Å². The van der Waals surface area contributed by atoms with Gasteiger partial charge in [0.2, 0.25) is 10.0 Å². The van der Waals surface area contributed by atoms with E-state index in [0.717, 1.165) is 0 Å². The summed E-state index contributed by atoms with van der Waals surface area (Å²) in [6.07, 6.45) is 2.90. The van der Waals surface area contributed by atoms with Crippen LogP contribution in [0.2, 0.25) is 0 Å². The lowest BCUT2D eigenvalue weighted by atomic mass is 10.1. The number of sulfonamides is 1. The molecule has 0 saturated carbocycles. The maximum Gasteiger partial charge on any atom is 0.326 e. The maximum atomic E-state index is 12.4. The van der Waals surface area contributed by atoms with Gasteiger partial charge in [-0.05, 0) is 49.9 Å². The minimum absolute atomic E-state index is 0.123. The topological polar surface area (TPSA) is 104 Å². The van der Waals surface area contributed by atoms with Crippen LogP contribution in [0.5, 0.6) is 0 Å². The van der Waals surface area contributed by atoms with Crippen LogP contribution < -0.4 is 9.62 Å². The molecule has 0 aromatic heterocycles. The van der Waals surface area contributed by atoms with Crippen LogP contribution in [0, 0.1) is 6.92 Å². The van der Waals surface area contributed by atoms with E-state index in [1.54, 1.807) is 25.1 Å². The van der Waals surface area contributed by atoms with Crippen molar-refractivity contribution in [2.24, 2.45) is 0 Å². The normalized spacial score (nSPS) is 17.1. The summed E-state index contributed by atoms with van der Waals surface area (Å²) in [5.41, 5.74) is 1.43. The van der Waals surface area contributed by atoms with Gasteiger partial charge in [0.1, 0.15) is 6.04 Å². The molecule has 1 aromatic carbocycles. The predicted molar refractivity (Wildman–Crippen MR) is 95.2 cm³/mol. The molecule has 1 fully saturated rings. The molecular formula is C17H22N2O5S. The molecule has 0 radical (unpaired) electrons. The second kappa shape index (κ2) is 7.69. The molecule has 1 heterocycles. The Bertz CT molecular complexity index is 788. The van der Waals surface area contributed by atoms with Crippen LogP contribution in [-0.2, 0) is 14.8 Å². The van der Waals surface area contributed by atoms with Gasteiger partial charge in [-0.3, -0.25) is 9.10 Å². The Labute approximate surface area is 147 Å². The van der Waals surface area contributed by atoms with E-state index in [0.29, 0.717) is 36.2 Å². The molecule has 8 heteroatoms. The molecule has 0 spiro atoms. The molecule has 1 amide bonds. The van der Waals surface area contributed by atoms with Gasteiger partial charge in [0, 0.05) is 12.1 Å². The van der Waals surface area contributed by atoms with Crippen molar-refractivity contribution in [2.75, 3.05) is 16.6 Å². The third-order valence-electron chi connectivity index (χ3n) is 4.10. The Kier molecular flexibility index (Phi) is 5.84. The van der Waals surface area contributed by atoms with Gasteiger partial charge < -0.3 is 10.4 Å². The third kappa shape index (κ3) is 4.39. The van der Waals surface area contributed by atoms with Gasteiger partial charge in [0.25, 0.3) is 5.91 Å². The summed E-state index contributed by atoms with van der Waals surface area (Å²) >= 11 is 0. The van der Waals surface area contributed by atoms with Gasteiger partial charge in [-0.15, -0.1) is 6.58 Å². The van der Waals surface area contributed by atoms with Crippen LogP contribution in [0.25, 0.3) is 0 Å². The first kappa shape index (κ1) is 19.0. The smallest absolute Gasteiger partial charge is 0.326 e. The van der Waals surface area contributed by atoms with Gasteiger partial charge in [-0.2, -0.15) is 0 Å². The quantitative estimate of drug-likeness (QED) is 0.715. The van der Waals surface area contributed by atoms with Crippen LogP contribution in [0.1, 0.15) is 35.2 Å². The molecule has 2 rings (SSSR count). The molecule has 7 nitrogen and oxygen atoms in total. The number of aliphatic carboxylic acids is 1. The van der Waals surface area contributed by atoms with Gasteiger partial charge in [0.15, 0.2) is 0 Å². The van der Waals surface area contributed by atoms with Gasteiger partial charge in [-0.1, -0.05) is 6.08 Å². The molecule has 2 N–H and O–H groups in total. The first-order valence-corrected chi connectivity index (χ1v) is 9.63. The Morgan fingerprint density at radius 1 is 1.44 bits per heavy atom. The first-order valence-electron chi connectivity index (χ1n) is 8.02. The number of hydrogen-bond acceptors (Lipinski definition) is 4. The number of allylic oxidation sites excluding steroid dienone is 1. The highest BCUT2D eigenvalue weighted by atomic mass is 32.2. The lowest BCUT2D eigenvalue weighted by Crippen LogP contribution is -2.40. The highest BCUT2D eigenvalue weighted by Crippen LogP contribution is 2.26. The molecule has 1 aliphatic rings. The fraction of sp³-hybridized carbons (Fsp3) is 0.412. The van der Waals surface area contributed by atoms with E-state index < -0.39 is 27.9 Å². The van der Waals surface area contributed by atoms with E-state index in [1.165, 1.54) is 10.4 Å². The summed E-state index contributed by atoms with van der Waals surface area (Å²) in [6, 6.07) is 3.74. The Morgan fingerprint density at radius 3 is 2.68 bits per heavy atom. The zero-order chi connectivity index (χ0) is 18.6. The average molecular weight is 366 g/mol. The molecular weight excluding hydrogens is 344 g/mol. The lowest BCUT2D eigenvalue weighted by Gasteiger charge is -2.19. The van der Waals surface area contributed by atoms with Crippen molar-refractivity contribution in [3.05, 3.63) is 42.0 Å². The number of carbonyl (C=O) groups is 2. The van der Waals surface area contributed by atoms with Crippen LogP contribution in [0.3, 0.4) is 0 Å². The molecule has 0 bridgehead atoms. The molecule has 1 atom stereocenters. The van der Waals surface area contributed by atoms with E-state index in [9.17, 15) is 23.1 Å². The number of amides is 1. The number of carbonyl (C=O) groups excluding carboxylic acids is 1. The monoisotopic (exact) mass is 366 g/mol. The number of carboxylic acids is 1. The van der Waals surface area contributed by atoms with Crippen molar-refractivity contribution in [3.8, 4) is 0 Å². The van der Waals surface area contributed by atoms with Crippen LogP contribution >= 0.6 is 0 Å². The summed E-state index contributed by atoms with van der Waals surface area (Å²) in [6.45, 7) is 5.66. The zero-order valence-electron chi connectivity index (χ0n) is 14.1. The minimum atomic E-state index is -3.28. The fourth-order valence-electron chi connectivity index (χ4n) is 2.77. The van der Waals surface area contributed by atoms with Crippen LogP contribution in [-0.4, -0.2) is 43.7 Å². The number of nitrogens with one attached hydrogen (secondary N) is 1. The summed E-state index contributed by atoms with van der Waals surface area (Å²) in [7, 11) is -3.28. The highest BCUT2D eigenvalue weighted by Gasteiger charge is 2.29. The Hall–Kier alpha value is -2.35. The molecule has 0 aliphatic carbocycles. The van der Waals surface area contributed by atoms with Crippen molar-refractivity contribution < 1.29 is 23.1 Å². The van der Waals surface area contributed by atoms with Crippen molar-refractivity contribution in [2.45, 2.75) is 32.2 Å². The van der Waals surface area contributed by atoms with Crippen LogP contribution in [0.4, 0.5) is 5.69 Å². The Balaban J connectivity index is 2.18. The number of hydrogen-bond donors (Lipinski definition) is 2. The van der Waals surface area contributed by atoms with Gasteiger partial charge >= 0.3 is 5.97 Å². The lowest BCUT2D eigenvalue weighted by molar-refractivity contribution is -0.139. The summed E-state index contributed by atoms with van der Waals surface area (Å²) in [4.78, 5) is 23.6. The Morgan fingerprint density at radius 2 is 2.16 bits per heavy atom. The number of aryl methyl sites for hydroxylation is 1. The van der Waals surface area contributed by atoms with Gasteiger partial charge in [0.05, 0.1) is 11.4 Å². The standard InChI is InChI=1S/C17H22N2O5S/c1-3-4-6-15(17(21)22)18-16(20)14-8-7-13(11-12(14)2)19-9-5-10-25(19,23)24/h3,7-8,11,15H,1,4-6,9-10H2,2H3,(H,18,20)(H,21,22). The van der Waals surface area contributed by atoms with Crippen LogP contribution in [0.15, 0.2) is 30.9 Å². The minimum Gasteiger partial charge on any atom is -0.480 e. The summed E-state index contributed by atoms with van der Waals surface area (Å²) in [5.74, 6) is -1.48. The average Bonchev–Trinajstić information content (AvgIpc) is 2.90. The molecule has 1 unspecified atom stereocenters. The highest BCUT2D eigenvalue weighted by molar-refractivity contribution is 7.93. The number of nitrogens with zero attached hydrogens (tertiary/aromatic N) is 1. The predicted octanol–water partition coefficient (Wildman–Crippen LogP) is 1.68. The van der Waals surface area contributed by atoms with Gasteiger partial charge in [-0.25, -0.2) is 13.2 Å². The molecule has 1 aromatic rings. The number of anilines is 1. The third-order valence-corrected chi connectivity index (χ3v) is 5.97.